The lowest BCUT2D eigenvalue weighted by molar-refractivity contribution is 0.0827. The number of rotatable bonds is 3. The van der Waals surface area contributed by atoms with E-state index in [4.69, 9.17) is 11.6 Å². The number of likely N-dealkylation sites (tertiary alicyclic amines) is 1. The van der Waals surface area contributed by atoms with Crippen LogP contribution in [0, 0.1) is 0 Å². The molecular formula is C15H22ClN3O. The van der Waals surface area contributed by atoms with E-state index in [-0.39, 0.29) is 5.91 Å². The monoisotopic (exact) mass is 295 g/mol. The van der Waals surface area contributed by atoms with E-state index >= 15 is 0 Å². The number of amides is 1. The first-order valence-electron chi connectivity index (χ1n) is 6.93. The molecule has 0 aliphatic carbocycles. The largest absolute Gasteiger partial charge is 0.381 e. The van der Waals surface area contributed by atoms with Gasteiger partial charge in [-0.25, -0.2) is 0 Å². The van der Waals surface area contributed by atoms with E-state index in [9.17, 15) is 4.79 Å². The van der Waals surface area contributed by atoms with Gasteiger partial charge in [-0.3, -0.25) is 4.79 Å². The quantitative estimate of drug-likeness (QED) is 0.931. The number of benzene rings is 1. The van der Waals surface area contributed by atoms with E-state index in [1.165, 1.54) is 0 Å². The van der Waals surface area contributed by atoms with Gasteiger partial charge in [0.05, 0.1) is 10.7 Å². The van der Waals surface area contributed by atoms with Gasteiger partial charge in [0.25, 0.3) is 5.91 Å². The summed E-state index contributed by atoms with van der Waals surface area (Å²) in [4.78, 5) is 15.9. The molecule has 0 bridgehead atoms. The van der Waals surface area contributed by atoms with Crippen LogP contribution in [0.5, 0.6) is 0 Å². The Morgan fingerprint density at radius 3 is 2.60 bits per heavy atom. The molecule has 1 aliphatic rings. The van der Waals surface area contributed by atoms with Crippen molar-refractivity contribution in [2.45, 2.75) is 18.9 Å². The molecule has 0 unspecified atom stereocenters. The average molecular weight is 296 g/mol. The fourth-order valence-electron chi connectivity index (χ4n) is 2.40. The summed E-state index contributed by atoms with van der Waals surface area (Å²) >= 11 is 6.23. The number of anilines is 1. The van der Waals surface area contributed by atoms with Crippen molar-refractivity contribution in [2.24, 2.45) is 0 Å². The van der Waals surface area contributed by atoms with Crippen LogP contribution in [0.25, 0.3) is 0 Å². The standard InChI is InChI=1S/C15H22ClN3O/c1-18(2)15(20)11-4-5-13(16)14(10-11)17-12-6-8-19(3)9-7-12/h4-5,10,12,17H,6-9H2,1-3H3. The molecule has 1 aromatic rings. The van der Waals surface area contributed by atoms with E-state index in [2.05, 4.69) is 17.3 Å². The first kappa shape index (κ1) is 15.1. The van der Waals surface area contributed by atoms with Crippen molar-refractivity contribution >= 4 is 23.2 Å². The van der Waals surface area contributed by atoms with Crippen LogP contribution in [-0.4, -0.2) is 56.0 Å². The Morgan fingerprint density at radius 2 is 2.00 bits per heavy atom. The van der Waals surface area contributed by atoms with E-state index in [0.29, 0.717) is 16.6 Å². The third-order valence-corrected chi connectivity index (χ3v) is 4.03. The van der Waals surface area contributed by atoms with Gasteiger partial charge in [-0.15, -0.1) is 0 Å². The highest BCUT2D eigenvalue weighted by atomic mass is 35.5. The molecule has 1 saturated heterocycles. The van der Waals surface area contributed by atoms with Crippen LogP contribution in [0.2, 0.25) is 5.02 Å². The van der Waals surface area contributed by atoms with E-state index in [0.717, 1.165) is 31.6 Å². The number of hydrogen-bond acceptors (Lipinski definition) is 3. The molecule has 1 aromatic carbocycles. The molecule has 1 fully saturated rings. The summed E-state index contributed by atoms with van der Waals surface area (Å²) in [6.07, 6.45) is 2.19. The number of nitrogens with one attached hydrogen (secondary N) is 1. The minimum absolute atomic E-state index is 0.00639. The molecule has 110 valence electrons. The van der Waals surface area contributed by atoms with Crippen molar-refractivity contribution in [2.75, 3.05) is 39.5 Å². The molecule has 0 aromatic heterocycles. The molecule has 1 N–H and O–H groups in total. The van der Waals surface area contributed by atoms with Gasteiger partial charge in [0.1, 0.15) is 0 Å². The Kier molecular flexibility index (Phi) is 4.89. The van der Waals surface area contributed by atoms with E-state index in [1.807, 2.05) is 6.07 Å². The van der Waals surface area contributed by atoms with Gasteiger partial charge in [-0.1, -0.05) is 11.6 Å². The van der Waals surface area contributed by atoms with Crippen molar-refractivity contribution in [3.8, 4) is 0 Å². The maximum absolute atomic E-state index is 12.0. The lowest BCUT2D eigenvalue weighted by Gasteiger charge is -2.30. The van der Waals surface area contributed by atoms with Crippen LogP contribution in [0.15, 0.2) is 18.2 Å². The second kappa shape index (κ2) is 6.46. The number of piperidine rings is 1. The fourth-order valence-corrected chi connectivity index (χ4v) is 2.57. The van der Waals surface area contributed by atoms with E-state index in [1.54, 1.807) is 31.1 Å². The van der Waals surface area contributed by atoms with Crippen LogP contribution >= 0.6 is 11.6 Å². The Labute approximate surface area is 125 Å². The zero-order valence-electron chi connectivity index (χ0n) is 12.3. The first-order chi connectivity index (χ1) is 9.47. The second-order valence-electron chi connectivity index (χ2n) is 5.62. The summed E-state index contributed by atoms with van der Waals surface area (Å²) in [7, 11) is 5.64. The number of carbonyl (C=O) groups is 1. The Hall–Kier alpha value is -1.26. The number of nitrogens with zero attached hydrogens (tertiary/aromatic N) is 2. The van der Waals surface area contributed by atoms with Crippen LogP contribution < -0.4 is 5.32 Å². The van der Waals surface area contributed by atoms with Gasteiger partial charge in [-0.2, -0.15) is 0 Å². The molecule has 4 nitrogen and oxygen atoms in total. The van der Waals surface area contributed by atoms with Crippen molar-refractivity contribution in [1.82, 2.24) is 9.80 Å². The number of carbonyl (C=O) groups excluding carboxylic acids is 1. The van der Waals surface area contributed by atoms with E-state index < -0.39 is 0 Å². The van der Waals surface area contributed by atoms with Gasteiger partial charge >= 0.3 is 0 Å². The Balaban J connectivity index is 2.11. The predicted molar refractivity (Wildman–Crippen MR) is 83.6 cm³/mol. The van der Waals surface area contributed by atoms with Gasteiger partial charge in [0.2, 0.25) is 0 Å². The number of halogens is 1. The third kappa shape index (κ3) is 3.64. The van der Waals surface area contributed by atoms with Gasteiger partial charge < -0.3 is 15.1 Å². The lowest BCUT2D eigenvalue weighted by atomic mass is 10.0. The van der Waals surface area contributed by atoms with Gasteiger partial charge in [0.15, 0.2) is 0 Å². The highest BCUT2D eigenvalue weighted by molar-refractivity contribution is 6.33. The summed E-state index contributed by atoms with van der Waals surface area (Å²) in [6.45, 7) is 2.18. The Morgan fingerprint density at radius 1 is 1.35 bits per heavy atom. The van der Waals surface area contributed by atoms with Crippen molar-refractivity contribution < 1.29 is 4.79 Å². The minimum atomic E-state index is -0.00639. The second-order valence-corrected chi connectivity index (χ2v) is 6.02. The molecule has 0 spiro atoms. The summed E-state index contributed by atoms with van der Waals surface area (Å²) in [5.74, 6) is -0.00639. The highest BCUT2D eigenvalue weighted by Gasteiger charge is 2.18. The molecule has 2 rings (SSSR count). The zero-order chi connectivity index (χ0) is 14.7. The molecule has 0 saturated carbocycles. The third-order valence-electron chi connectivity index (χ3n) is 3.70. The summed E-state index contributed by atoms with van der Waals surface area (Å²) in [6, 6.07) is 5.83. The van der Waals surface area contributed by atoms with Gasteiger partial charge in [0, 0.05) is 25.7 Å². The van der Waals surface area contributed by atoms with Crippen LogP contribution in [0.4, 0.5) is 5.69 Å². The average Bonchev–Trinajstić information content (AvgIpc) is 2.43. The SMILES string of the molecule is CN1CCC(Nc2cc(C(=O)N(C)C)ccc2Cl)CC1. The maximum atomic E-state index is 12.0. The number of hydrogen-bond donors (Lipinski definition) is 1. The van der Waals surface area contributed by atoms with Gasteiger partial charge in [-0.05, 0) is 51.2 Å². The van der Waals surface area contributed by atoms with Crippen molar-refractivity contribution in [1.29, 1.82) is 0 Å². The van der Waals surface area contributed by atoms with Crippen LogP contribution in [0.3, 0.4) is 0 Å². The molecule has 0 radical (unpaired) electrons. The maximum Gasteiger partial charge on any atom is 0.253 e. The molecular weight excluding hydrogens is 274 g/mol. The lowest BCUT2D eigenvalue weighted by Crippen LogP contribution is -2.36. The zero-order valence-corrected chi connectivity index (χ0v) is 13.1. The highest BCUT2D eigenvalue weighted by Crippen LogP contribution is 2.26. The fraction of sp³-hybridized carbons (Fsp3) is 0.533. The molecule has 1 heterocycles. The topological polar surface area (TPSA) is 35.6 Å². The minimum Gasteiger partial charge on any atom is -0.381 e. The Bertz CT molecular complexity index is 482. The summed E-state index contributed by atoms with van der Waals surface area (Å²) < 4.78 is 0. The molecule has 1 amide bonds. The molecule has 5 heteroatoms. The normalized spacial score (nSPS) is 17.0. The van der Waals surface area contributed by atoms with Crippen molar-refractivity contribution in [3.05, 3.63) is 28.8 Å². The van der Waals surface area contributed by atoms with Crippen molar-refractivity contribution in [3.63, 3.8) is 0 Å². The summed E-state index contributed by atoms with van der Waals surface area (Å²) in [5, 5.41) is 4.14. The first-order valence-corrected chi connectivity index (χ1v) is 7.31. The summed E-state index contributed by atoms with van der Waals surface area (Å²) in [5.41, 5.74) is 1.52. The van der Waals surface area contributed by atoms with Crippen LogP contribution in [-0.2, 0) is 0 Å². The molecule has 20 heavy (non-hydrogen) atoms. The smallest absolute Gasteiger partial charge is 0.253 e. The predicted octanol–water partition coefficient (Wildman–Crippen LogP) is 2.55. The molecule has 1 aliphatic heterocycles. The molecule has 0 atom stereocenters. The van der Waals surface area contributed by atoms with Crippen LogP contribution in [0.1, 0.15) is 23.2 Å².